The van der Waals surface area contributed by atoms with Gasteiger partial charge in [-0.2, -0.15) is 0 Å². The highest BCUT2D eigenvalue weighted by Gasteiger charge is 2.24. The van der Waals surface area contributed by atoms with Crippen molar-refractivity contribution in [1.29, 1.82) is 0 Å². The fourth-order valence-electron chi connectivity index (χ4n) is 2.23. The number of amides is 2. The summed E-state index contributed by atoms with van der Waals surface area (Å²) in [4.78, 5) is 13.9. The van der Waals surface area contributed by atoms with Crippen LogP contribution < -0.4 is 10.2 Å². The monoisotopic (exact) mass is 258 g/mol. The standard InChI is InChI=1S/C16H22N2O/c1-11-6-7-13(16(3,4)5)10-14(11)18-9-8-12(2)17-15(18)19/h6-7,10H,2,8-9H2,1,3-5H3,(H,17,19). The molecule has 1 aromatic carbocycles. The van der Waals surface area contributed by atoms with Crippen molar-refractivity contribution in [3.8, 4) is 0 Å². The number of aryl methyl sites for hydroxylation is 1. The van der Waals surface area contributed by atoms with E-state index in [0.29, 0.717) is 6.54 Å². The molecule has 2 amide bonds. The van der Waals surface area contributed by atoms with Crippen LogP contribution in [0.1, 0.15) is 38.3 Å². The molecule has 0 aliphatic carbocycles. The number of nitrogens with zero attached hydrogens (tertiary/aromatic N) is 1. The molecule has 1 fully saturated rings. The first kappa shape index (κ1) is 13.7. The largest absolute Gasteiger partial charge is 0.326 e. The second-order valence-corrected chi connectivity index (χ2v) is 6.19. The highest BCUT2D eigenvalue weighted by Crippen LogP contribution is 2.30. The number of nitrogens with one attached hydrogen (secondary N) is 1. The lowest BCUT2D eigenvalue weighted by atomic mass is 9.86. The number of anilines is 1. The zero-order valence-electron chi connectivity index (χ0n) is 12.2. The van der Waals surface area contributed by atoms with Crippen LogP contribution in [0.25, 0.3) is 0 Å². The highest BCUT2D eigenvalue weighted by atomic mass is 16.2. The van der Waals surface area contributed by atoms with Crippen LogP contribution in [0.4, 0.5) is 10.5 Å². The molecule has 3 nitrogen and oxygen atoms in total. The number of carbonyl (C=O) groups is 1. The maximum absolute atomic E-state index is 12.1. The normalized spacial score (nSPS) is 16.5. The van der Waals surface area contributed by atoms with Crippen LogP contribution in [-0.4, -0.2) is 12.6 Å². The summed E-state index contributed by atoms with van der Waals surface area (Å²) in [6.07, 6.45) is 0.797. The van der Waals surface area contributed by atoms with Gasteiger partial charge < -0.3 is 5.32 Å². The van der Waals surface area contributed by atoms with Crippen molar-refractivity contribution in [2.24, 2.45) is 0 Å². The van der Waals surface area contributed by atoms with Gasteiger partial charge >= 0.3 is 6.03 Å². The van der Waals surface area contributed by atoms with Crippen molar-refractivity contribution in [2.75, 3.05) is 11.4 Å². The molecule has 0 saturated carbocycles. The molecule has 0 atom stereocenters. The Morgan fingerprint density at radius 2 is 2.00 bits per heavy atom. The van der Waals surface area contributed by atoms with Crippen LogP contribution in [0.5, 0.6) is 0 Å². The van der Waals surface area contributed by atoms with E-state index in [1.807, 2.05) is 6.92 Å². The van der Waals surface area contributed by atoms with Crippen molar-refractivity contribution in [3.63, 3.8) is 0 Å². The van der Waals surface area contributed by atoms with Gasteiger partial charge in [0.15, 0.2) is 0 Å². The Morgan fingerprint density at radius 3 is 2.58 bits per heavy atom. The third-order valence-electron chi connectivity index (χ3n) is 3.53. The number of hydrogen-bond acceptors (Lipinski definition) is 1. The van der Waals surface area contributed by atoms with Gasteiger partial charge in [-0.15, -0.1) is 0 Å². The van der Waals surface area contributed by atoms with Crippen molar-refractivity contribution in [3.05, 3.63) is 41.6 Å². The van der Waals surface area contributed by atoms with E-state index in [0.717, 1.165) is 23.4 Å². The SMILES string of the molecule is C=C1CCN(c2cc(C(C)(C)C)ccc2C)C(=O)N1. The molecule has 2 rings (SSSR count). The topological polar surface area (TPSA) is 32.3 Å². The van der Waals surface area contributed by atoms with Gasteiger partial charge in [-0.25, -0.2) is 4.79 Å². The van der Waals surface area contributed by atoms with Crippen molar-refractivity contribution in [1.82, 2.24) is 5.32 Å². The maximum Gasteiger partial charge on any atom is 0.326 e. The average molecular weight is 258 g/mol. The molecule has 0 unspecified atom stereocenters. The third-order valence-corrected chi connectivity index (χ3v) is 3.53. The summed E-state index contributed by atoms with van der Waals surface area (Å²) < 4.78 is 0. The van der Waals surface area contributed by atoms with Gasteiger partial charge in [-0.05, 0) is 29.5 Å². The summed E-state index contributed by atoms with van der Waals surface area (Å²) in [5.41, 5.74) is 4.24. The molecule has 0 aromatic heterocycles. The van der Waals surface area contributed by atoms with Gasteiger partial charge in [0.25, 0.3) is 0 Å². The summed E-state index contributed by atoms with van der Waals surface area (Å²) in [5.74, 6) is 0. The third kappa shape index (κ3) is 2.80. The molecule has 1 saturated heterocycles. The van der Waals surface area contributed by atoms with Gasteiger partial charge in [0.1, 0.15) is 0 Å². The lowest BCUT2D eigenvalue weighted by Gasteiger charge is -2.31. The average Bonchev–Trinajstić information content (AvgIpc) is 2.29. The zero-order valence-corrected chi connectivity index (χ0v) is 12.2. The summed E-state index contributed by atoms with van der Waals surface area (Å²) in [6.45, 7) is 13.1. The van der Waals surface area contributed by atoms with Crippen LogP contribution in [0, 0.1) is 6.92 Å². The molecule has 1 aromatic rings. The van der Waals surface area contributed by atoms with Gasteiger partial charge in [0, 0.05) is 24.4 Å². The molecule has 0 bridgehead atoms. The summed E-state index contributed by atoms with van der Waals surface area (Å²) in [7, 11) is 0. The van der Waals surface area contributed by atoms with E-state index in [9.17, 15) is 4.79 Å². The molecule has 0 spiro atoms. The van der Waals surface area contributed by atoms with Crippen molar-refractivity contribution < 1.29 is 4.79 Å². The molecular weight excluding hydrogens is 236 g/mol. The van der Waals surface area contributed by atoms with Crippen LogP contribution in [0.2, 0.25) is 0 Å². The lowest BCUT2D eigenvalue weighted by molar-refractivity contribution is 0.246. The Morgan fingerprint density at radius 1 is 1.32 bits per heavy atom. The van der Waals surface area contributed by atoms with Crippen LogP contribution in [0.15, 0.2) is 30.5 Å². The summed E-state index contributed by atoms with van der Waals surface area (Å²) in [6, 6.07) is 6.28. The highest BCUT2D eigenvalue weighted by molar-refractivity contribution is 5.94. The Kier molecular flexibility index (Phi) is 3.40. The molecule has 1 aliphatic rings. The van der Waals surface area contributed by atoms with E-state index in [2.05, 4.69) is 50.9 Å². The Balaban J connectivity index is 2.39. The van der Waals surface area contributed by atoms with Crippen LogP contribution in [-0.2, 0) is 5.41 Å². The maximum atomic E-state index is 12.1. The van der Waals surface area contributed by atoms with E-state index >= 15 is 0 Å². The zero-order chi connectivity index (χ0) is 14.2. The van der Waals surface area contributed by atoms with Gasteiger partial charge in [0.05, 0.1) is 0 Å². The predicted octanol–water partition coefficient (Wildman–Crippen LogP) is 3.73. The molecular formula is C16H22N2O. The first-order chi connectivity index (χ1) is 8.79. The predicted molar refractivity (Wildman–Crippen MR) is 79.5 cm³/mol. The van der Waals surface area contributed by atoms with E-state index in [1.165, 1.54) is 5.56 Å². The van der Waals surface area contributed by atoms with Crippen molar-refractivity contribution >= 4 is 11.7 Å². The molecule has 1 N–H and O–H groups in total. The second kappa shape index (κ2) is 4.72. The first-order valence-electron chi connectivity index (χ1n) is 6.66. The Labute approximate surface area is 115 Å². The number of rotatable bonds is 1. The fraction of sp³-hybridized carbons (Fsp3) is 0.438. The minimum Gasteiger partial charge on any atom is -0.312 e. The molecule has 102 valence electrons. The van der Waals surface area contributed by atoms with E-state index in [-0.39, 0.29) is 11.4 Å². The molecule has 1 aliphatic heterocycles. The van der Waals surface area contributed by atoms with Crippen molar-refractivity contribution in [2.45, 2.75) is 39.5 Å². The quantitative estimate of drug-likeness (QED) is 0.818. The molecule has 3 heteroatoms. The van der Waals surface area contributed by atoms with Gasteiger partial charge in [-0.3, -0.25) is 4.90 Å². The number of benzene rings is 1. The number of hydrogen-bond donors (Lipinski definition) is 1. The number of carbonyl (C=O) groups excluding carboxylic acids is 1. The van der Waals surface area contributed by atoms with Crippen LogP contribution >= 0.6 is 0 Å². The summed E-state index contributed by atoms with van der Waals surface area (Å²) in [5, 5.41) is 2.81. The van der Waals surface area contributed by atoms with Gasteiger partial charge in [0.2, 0.25) is 0 Å². The second-order valence-electron chi connectivity index (χ2n) is 6.19. The molecule has 1 heterocycles. The molecule has 19 heavy (non-hydrogen) atoms. The van der Waals surface area contributed by atoms with E-state index in [4.69, 9.17) is 0 Å². The van der Waals surface area contributed by atoms with E-state index < -0.39 is 0 Å². The minimum atomic E-state index is -0.0783. The van der Waals surface area contributed by atoms with E-state index in [1.54, 1.807) is 4.90 Å². The minimum absolute atomic E-state index is 0.0783. The smallest absolute Gasteiger partial charge is 0.312 e. The molecule has 0 radical (unpaired) electrons. The fourth-order valence-corrected chi connectivity index (χ4v) is 2.23. The van der Waals surface area contributed by atoms with Gasteiger partial charge in [-0.1, -0.05) is 39.5 Å². The van der Waals surface area contributed by atoms with Crippen LogP contribution in [0.3, 0.4) is 0 Å². The Bertz CT molecular complexity index is 526. The Hall–Kier alpha value is -1.77. The number of urea groups is 1. The first-order valence-corrected chi connectivity index (χ1v) is 6.66. The lowest BCUT2D eigenvalue weighted by Crippen LogP contribution is -2.45. The summed E-state index contributed by atoms with van der Waals surface area (Å²) >= 11 is 0.